The van der Waals surface area contributed by atoms with Crippen molar-refractivity contribution in [2.45, 2.75) is 0 Å². The summed E-state index contributed by atoms with van der Waals surface area (Å²) in [7, 11) is 0. The Hall–Kier alpha value is -4.60. The van der Waals surface area contributed by atoms with Crippen LogP contribution < -0.4 is 0 Å². The highest BCUT2D eigenvalue weighted by Gasteiger charge is 2.20. The molecule has 5 heterocycles. The highest BCUT2D eigenvalue weighted by Crippen LogP contribution is 2.44. The van der Waals surface area contributed by atoms with Gasteiger partial charge in [-0.3, -0.25) is 4.40 Å². The van der Waals surface area contributed by atoms with Crippen molar-refractivity contribution in [1.82, 2.24) is 8.80 Å². The van der Waals surface area contributed by atoms with E-state index in [1.54, 1.807) is 0 Å². The molecular formula is C34H18N2S. The standard InChI is InChI=1S/C34H18N2S/c1-3-10-29-21(6-1)23-8-5-9-24-26-16-19(12-13-31(26)35(29)32(23)24)20-17-27-22-7-2-4-11-30(22)36-33(27)28(18-20)25-14-15-37-34(25)36/h1-18H. The van der Waals surface area contributed by atoms with Crippen molar-refractivity contribution in [1.29, 1.82) is 0 Å². The van der Waals surface area contributed by atoms with E-state index >= 15 is 0 Å². The molecule has 10 rings (SSSR count). The predicted molar refractivity (Wildman–Crippen MR) is 159 cm³/mol. The van der Waals surface area contributed by atoms with Crippen molar-refractivity contribution < 1.29 is 0 Å². The molecule has 0 saturated heterocycles. The topological polar surface area (TPSA) is 8.82 Å². The highest BCUT2D eigenvalue weighted by atomic mass is 32.1. The summed E-state index contributed by atoms with van der Waals surface area (Å²) in [5, 5.41) is 12.9. The number of benzene rings is 5. The molecule has 0 bridgehead atoms. The van der Waals surface area contributed by atoms with Gasteiger partial charge in [0.1, 0.15) is 4.83 Å². The van der Waals surface area contributed by atoms with Gasteiger partial charge in [-0.2, -0.15) is 0 Å². The van der Waals surface area contributed by atoms with Crippen molar-refractivity contribution in [2.24, 2.45) is 0 Å². The molecule has 0 N–H and O–H groups in total. The maximum absolute atomic E-state index is 2.46. The predicted octanol–water partition coefficient (Wildman–Crippen LogP) is 9.72. The lowest BCUT2D eigenvalue weighted by Gasteiger charge is -2.06. The molecule has 0 unspecified atom stereocenters. The Labute approximate surface area is 214 Å². The third-order valence-corrected chi connectivity index (χ3v) is 9.36. The van der Waals surface area contributed by atoms with Gasteiger partial charge >= 0.3 is 0 Å². The number of hydrogen-bond donors (Lipinski definition) is 0. The maximum atomic E-state index is 2.46. The Balaban J connectivity index is 1.34. The molecule has 10 aromatic rings. The van der Waals surface area contributed by atoms with Crippen molar-refractivity contribution in [3.05, 3.63) is 109 Å². The Kier molecular flexibility index (Phi) is 3.12. The zero-order chi connectivity index (χ0) is 23.8. The van der Waals surface area contributed by atoms with Crippen LogP contribution in [-0.2, 0) is 0 Å². The molecule has 0 aliphatic rings. The Morgan fingerprint density at radius 3 is 1.84 bits per heavy atom. The summed E-state index contributed by atoms with van der Waals surface area (Å²) < 4.78 is 4.92. The van der Waals surface area contributed by atoms with E-state index in [1.807, 2.05) is 11.3 Å². The normalized spacial score (nSPS) is 12.9. The molecule has 0 saturated carbocycles. The van der Waals surface area contributed by atoms with E-state index in [9.17, 15) is 0 Å². The first-order chi connectivity index (χ1) is 18.4. The molecule has 2 nitrogen and oxygen atoms in total. The third kappa shape index (κ3) is 2.07. The van der Waals surface area contributed by atoms with Gasteiger partial charge in [-0.25, -0.2) is 0 Å². The van der Waals surface area contributed by atoms with E-state index in [-0.39, 0.29) is 0 Å². The van der Waals surface area contributed by atoms with Crippen LogP contribution in [0.5, 0.6) is 0 Å². The van der Waals surface area contributed by atoms with Crippen LogP contribution in [0.1, 0.15) is 0 Å². The second-order valence-electron chi connectivity index (χ2n) is 10.2. The van der Waals surface area contributed by atoms with Gasteiger partial charge in [0.25, 0.3) is 0 Å². The van der Waals surface area contributed by atoms with Crippen molar-refractivity contribution in [3.63, 3.8) is 0 Å². The Morgan fingerprint density at radius 2 is 1.00 bits per heavy atom. The first-order valence-electron chi connectivity index (χ1n) is 12.7. The molecule has 0 aliphatic heterocycles. The van der Waals surface area contributed by atoms with Crippen molar-refractivity contribution >= 4 is 86.8 Å². The lowest BCUT2D eigenvalue weighted by Crippen LogP contribution is -1.82. The number of fused-ring (bicyclic) bond motifs is 12. The molecule has 0 spiro atoms. The SMILES string of the molecule is c1ccc2c(c1)c1cccc3c4cc(-c5cc6c7ccccc7n7c8sccc8c(c5)c67)ccc4n2c13. The zero-order valence-electron chi connectivity index (χ0n) is 19.7. The summed E-state index contributed by atoms with van der Waals surface area (Å²) >= 11 is 1.83. The van der Waals surface area contributed by atoms with Gasteiger partial charge in [-0.1, -0.05) is 60.7 Å². The van der Waals surface area contributed by atoms with Crippen LogP contribution in [0.3, 0.4) is 0 Å². The van der Waals surface area contributed by atoms with Gasteiger partial charge in [-0.15, -0.1) is 11.3 Å². The smallest absolute Gasteiger partial charge is 0.108 e. The monoisotopic (exact) mass is 486 g/mol. The molecule has 0 radical (unpaired) electrons. The van der Waals surface area contributed by atoms with Gasteiger partial charge < -0.3 is 4.40 Å². The molecule has 0 aliphatic carbocycles. The molecule has 37 heavy (non-hydrogen) atoms. The molecule has 170 valence electrons. The average molecular weight is 487 g/mol. The Morgan fingerprint density at radius 1 is 0.405 bits per heavy atom. The van der Waals surface area contributed by atoms with Gasteiger partial charge in [0, 0.05) is 43.1 Å². The van der Waals surface area contributed by atoms with Gasteiger partial charge in [0.2, 0.25) is 0 Å². The number of para-hydroxylation sites is 3. The number of thiophene rings is 1. The fraction of sp³-hybridized carbons (Fsp3) is 0. The molecule has 0 atom stereocenters. The number of hydrogen-bond acceptors (Lipinski definition) is 1. The summed E-state index contributed by atoms with van der Waals surface area (Å²) in [6.07, 6.45) is 0. The van der Waals surface area contributed by atoms with Crippen LogP contribution >= 0.6 is 11.3 Å². The fourth-order valence-electron chi connectivity index (χ4n) is 6.97. The van der Waals surface area contributed by atoms with E-state index in [0.717, 1.165) is 0 Å². The molecule has 5 aromatic heterocycles. The zero-order valence-corrected chi connectivity index (χ0v) is 20.5. The van der Waals surface area contributed by atoms with Crippen LogP contribution in [0.2, 0.25) is 0 Å². The van der Waals surface area contributed by atoms with Crippen LogP contribution in [0.25, 0.3) is 86.6 Å². The minimum Gasteiger partial charge on any atom is -0.308 e. The second-order valence-corrected chi connectivity index (χ2v) is 11.1. The Bertz CT molecular complexity index is 2520. The van der Waals surface area contributed by atoms with E-state index in [2.05, 4.69) is 117 Å². The van der Waals surface area contributed by atoms with Crippen molar-refractivity contribution in [2.75, 3.05) is 0 Å². The molecular weight excluding hydrogens is 468 g/mol. The summed E-state index contributed by atoms with van der Waals surface area (Å²) in [4.78, 5) is 1.34. The summed E-state index contributed by atoms with van der Waals surface area (Å²) in [5.41, 5.74) is 9.08. The van der Waals surface area contributed by atoms with Crippen LogP contribution in [0, 0.1) is 0 Å². The minimum atomic E-state index is 1.27. The van der Waals surface area contributed by atoms with Crippen LogP contribution in [0.4, 0.5) is 0 Å². The number of nitrogens with zero attached hydrogens (tertiary/aromatic N) is 2. The summed E-state index contributed by atoms with van der Waals surface area (Å²) in [5.74, 6) is 0. The summed E-state index contributed by atoms with van der Waals surface area (Å²) in [6, 6.07) is 38.5. The third-order valence-electron chi connectivity index (χ3n) is 8.46. The van der Waals surface area contributed by atoms with Gasteiger partial charge in [0.15, 0.2) is 0 Å². The number of aromatic nitrogens is 2. The van der Waals surface area contributed by atoms with E-state index in [0.29, 0.717) is 0 Å². The van der Waals surface area contributed by atoms with Gasteiger partial charge in [0.05, 0.1) is 27.6 Å². The van der Waals surface area contributed by atoms with Crippen molar-refractivity contribution in [3.8, 4) is 11.1 Å². The van der Waals surface area contributed by atoms with E-state index in [4.69, 9.17) is 0 Å². The maximum Gasteiger partial charge on any atom is 0.108 e. The first kappa shape index (κ1) is 18.6. The fourth-order valence-corrected chi connectivity index (χ4v) is 7.91. The molecule has 5 aromatic carbocycles. The lowest BCUT2D eigenvalue weighted by molar-refractivity contribution is 1.37. The highest BCUT2D eigenvalue weighted by molar-refractivity contribution is 7.17. The number of rotatable bonds is 1. The van der Waals surface area contributed by atoms with E-state index < -0.39 is 0 Å². The largest absolute Gasteiger partial charge is 0.308 e. The van der Waals surface area contributed by atoms with E-state index in [1.165, 1.54) is 86.6 Å². The average Bonchev–Trinajstić information content (AvgIpc) is 3.74. The quantitative estimate of drug-likeness (QED) is 0.218. The second kappa shape index (κ2) is 6.20. The molecule has 0 fully saturated rings. The van der Waals surface area contributed by atoms with Crippen LogP contribution in [0.15, 0.2) is 109 Å². The van der Waals surface area contributed by atoms with Crippen LogP contribution in [-0.4, -0.2) is 8.80 Å². The first-order valence-corrected chi connectivity index (χ1v) is 13.6. The minimum absolute atomic E-state index is 1.27. The molecule has 0 amide bonds. The summed E-state index contributed by atoms with van der Waals surface area (Å²) in [6.45, 7) is 0. The lowest BCUT2D eigenvalue weighted by atomic mass is 9.98. The van der Waals surface area contributed by atoms with Gasteiger partial charge in [-0.05, 0) is 59.0 Å². The molecule has 3 heteroatoms.